The van der Waals surface area contributed by atoms with E-state index in [1.54, 1.807) is 0 Å². The Morgan fingerprint density at radius 1 is 0.750 bits per heavy atom. The van der Waals surface area contributed by atoms with Crippen molar-refractivity contribution >= 4 is 0 Å². The maximum absolute atomic E-state index is 3.70. The normalized spacial score (nSPS) is 11.6. The van der Waals surface area contributed by atoms with Gasteiger partial charge in [-0.2, -0.15) is 0 Å². The van der Waals surface area contributed by atoms with Gasteiger partial charge in [-0.25, -0.2) is 0 Å². The lowest BCUT2D eigenvalue weighted by atomic mass is 10.1. The van der Waals surface area contributed by atoms with E-state index in [4.69, 9.17) is 0 Å². The Balaban J connectivity index is 3.15. The second-order valence-corrected chi connectivity index (χ2v) is 4.25. The first-order valence-corrected chi connectivity index (χ1v) is 6.82. The summed E-state index contributed by atoms with van der Waals surface area (Å²) in [6.45, 7) is 5.96. The third-order valence-corrected chi connectivity index (χ3v) is 2.62. The second kappa shape index (κ2) is 14.2. The third-order valence-electron chi connectivity index (χ3n) is 2.62. The molecule has 0 nitrogen and oxygen atoms in total. The summed E-state index contributed by atoms with van der Waals surface area (Å²) >= 11 is 0. The lowest BCUT2D eigenvalue weighted by Crippen LogP contribution is -1.75. The van der Waals surface area contributed by atoms with Crippen LogP contribution in [0.1, 0.15) is 64.7 Å². The van der Waals surface area contributed by atoms with Gasteiger partial charge in [0.1, 0.15) is 0 Å². The molecule has 0 radical (unpaired) electrons. The minimum atomic E-state index is 1.09. The monoisotopic (exact) mass is 220 g/mol. The summed E-state index contributed by atoms with van der Waals surface area (Å²) in [6, 6.07) is 0. The zero-order chi connectivity index (χ0) is 11.9. The molecule has 0 rings (SSSR count). The molecule has 0 saturated carbocycles. The predicted octanol–water partition coefficient (Wildman–Crippen LogP) is 5.82. The van der Waals surface area contributed by atoms with Crippen molar-refractivity contribution in [1.29, 1.82) is 0 Å². The van der Waals surface area contributed by atoms with Gasteiger partial charge >= 0.3 is 0 Å². The van der Waals surface area contributed by atoms with Crippen LogP contribution in [-0.4, -0.2) is 0 Å². The fraction of sp³-hybridized carbons (Fsp3) is 0.625. The molecule has 16 heavy (non-hydrogen) atoms. The lowest BCUT2D eigenvalue weighted by Gasteiger charge is -1.95. The smallest absolute Gasteiger partial charge is 0.0169 e. The van der Waals surface area contributed by atoms with Crippen molar-refractivity contribution in [3.63, 3.8) is 0 Å². The fourth-order valence-corrected chi connectivity index (χ4v) is 1.59. The summed E-state index contributed by atoms with van der Waals surface area (Å²) in [4.78, 5) is 0. The number of hydrogen-bond acceptors (Lipinski definition) is 0. The third kappa shape index (κ3) is 13.2. The molecule has 0 aromatic heterocycles. The van der Waals surface area contributed by atoms with Crippen molar-refractivity contribution in [2.24, 2.45) is 0 Å². The van der Waals surface area contributed by atoms with Crippen LogP contribution < -0.4 is 0 Å². The quantitative estimate of drug-likeness (QED) is 0.304. The Kier molecular flexibility index (Phi) is 13.5. The molecule has 0 atom stereocenters. The van der Waals surface area contributed by atoms with Gasteiger partial charge in [0.2, 0.25) is 0 Å². The molecule has 0 unspecified atom stereocenters. The fourth-order valence-electron chi connectivity index (χ4n) is 1.59. The maximum atomic E-state index is 3.70. The standard InChI is InChI=1S/C16H28/c1-3-5-7-9-11-13-15-16-14-12-10-8-6-4-2/h3,9,11,15-16H,1,4-8,10,12-14H2,2H3. The van der Waals surface area contributed by atoms with E-state index < -0.39 is 0 Å². The van der Waals surface area contributed by atoms with Gasteiger partial charge in [0.25, 0.3) is 0 Å². The highest BCUT2D eigenvalue weighted by atomic mass is 13.9. The van der Waals surface area contributed by atoms with E-state index in [1.165, 1.54) is 38.5 Å². The predicted molar refractivity (Wildman–Crippen MR) is 75.7 cm³/mol. The van der Waals surface area contributed by atoms with Crippen molar-refractivity contribution in [3.05, 3.63) is 37.0 Å². The molecular formula is C16H28. The molecule has 0 aliphatic carbocycles. The van der Waals surface area contributed by atoms with E-state index in [0.29, 0.717) is 0 Å². The number of allylic oxidation sites excluding steroid dienone is 5. The van der Waals surface area contributed by atoms with Crippen molar-refractivity contribution in [2.45, 2.75) is 64.7 Å². The molecule has 0 fully saturated rings. The van der Waals surface area contributed by atoms with Crippen molar-refractivity contribution in [2.75, 3.05) is 0 Å². The summed E-state index contributed by atoms with van der Waals surface area (Å²) in [6.07, 6.45) is 22.5. The highest BCUT2D eigenvalue weighted by molar-refractivity contribution is 4.93. The average Bonchev–Trinajstić information content (AvgIpc) is 2.31. The molecule has 0 aromatic carbocycles. The zero-order valence-corrected chi connectivity index (χ0v) is 11.0. The molecule has 0 N–H and O–H groups in total. The molecular weight excluding hydrogens is 192 g/mol. The van der Waals surface area contributed by atoms with E-state index in [0.717, 1.165) is 19.3 Å². The summed E-state index contributed by atoms with van der Waals surface area (Å²) < 4.78 is 0. The SMILES string of the molecule is C=CCCC=CCC=CCCCCCCC. The first-order valence-electron chi connectivity index (χ1n) is 6.82. The summed E-state index contributed by atoms with van der Waals surface area (Å²) in [5, 5.41) is 0. The van der Waals surface area contributed by atoms with Gasteiger partial charge in [0.15, 0.2) is 0 Å². The molecule has 92 valence electrons. The van der Waals surface area contributed by atoms with Crippen LogP contribution in [0, 0.1) is 0 Å². The van der Waals surface area contributed by atoms with Gasteiger partial charge in [-0.1, -0.05) is 63.0 Å². The van der Waals surface area contributed by atoms with Crippen LogP contribution in [0.2, 0.25) is 0 Å². The van der Waals surface area contributed by atoms with E-state index in [9.17, 15) is 0 Å². The Morgan fingerprint density at radius 3 is 2.12 bits per heavy atom. The Hall–Kier alpha value is -0.780. The minimum Gasteiger partial charge on any atom is -0.103 e. The Labute approximate surface area is 102 Å². The summed E-state index contributed by atoms with van der Waals surface area (Å²) in [7, 11) is 0. The molecule has 0 heterocycles. The van der Waals surface area contributed by atoms with Crippen LogP contribution in [0.15, 0.2) is 37.0 Å². The number of rotatable bonds is 11. The molecule has 0 aromatic rings. The topological polar surface area (TPSA) is 0 Å². The van der Waals surface area contributed by atoms with Gasteiger partial charge in [0.05, 0.1) is 0 Å². The van der Waals surface area contributed by atoms with Crippen LogP contribution in [-0.2, 0) is 0 Å². The Morgan fingerprint density at radius 2 is 1.44 bits per heavy atom. The molecule has 0 amide bonds. The van der Waals surface area contributed by atoms with Crippen molar-refractivity contribution < 1.29 is 0 Å². The van der Waals surface area contributed by atoms with Crippen LogP contribution >= 0.6 is 0 Å². The van der Waals surface area contributed by atoms with E-state index in [1.807, 2.05) is 6.08 Å². The van der Waals surface area contributed by atoms with Gasteiger partial charge in [0, 0.05) is 0 Å². The minimum absolute atomic E-state index is 1.09. The van der Waals surface area contributed by atoms with E-state index in [-0.39, 0.29) is 0 Å². The van der Waals surface area contributed by atoms with Gasteiger partial charge < -0.3 is 0 Å². The van der Waals surface area contributed by atoms with E-state index >= 15 is 0 Å². The van der Waals surface area contributed by atoms with Crippen molar-refractivity contribution in [3.8, 4) is 0 Å². The highest BCUT2D eigenvalue weighted by Gasteiger charge is 1.85. The molecule has 0 spiro atoms. The van der Waals surface area contributed by atoms with Crippen LogP contribution in [0.4, 0.5) is 0 Å². The average molecular weight is 220 g/mol. The Bertz CT molecular complexity index is 186. The first-order chi connectivity index (χ1) is 7.91. The lowest BCUT2D eigenvalue weighted by molar-refractivity contribution is 0.637. The van der Waals surface area contributed by atoms with Crippen LogP contribution in [0.25, 0.3) is 0 Å². The summed E-state index contributed by atoms with van der Waals surface area (Å²) in [5.41, 5.74) is 0. The highest BCUT2D eigenvalue weighted by Crippen LogP contribution is 2.05. The van der Waals surface area contributed by atoms with Gasteiger partial charge in [-0.05, 0) is 32.1 Å². The first kappa shape index (κ1) is 15.2. The number of unbranched alkanes of at least 4 members (excludes halogenated alkanes) is 6. The maximum Gasteiger partial charge on any atom is -0.0169 e. The van der Waals surface area contributed by atoms with Crippen LogP contribution in [0.3, 0.4) is 0 Å². The molecule has 0 aliphatic heterocycles. The van der Waals surface area contributed by atoms with Gasteiger partial charge in [-0.3, -0.25) is 0 Å². The zero-order valence-electron chi connectivity index (χ0n) is 11.0. The second-order valence-electron chi connectivity index (χ2n) is 4.25. The molecule has 0 heteroatoms. The van der Waals surface area contributed by atoms with Crippen molar-refractivity contribution in [1.82, 2.24) is 0 Å². The molecule has 0 saturated heterocycles. The largest absolute Gasteiger partial charge is 0.103 e. The molecule has 0 aliphatic rings. The van der Waals surface area contributed by atoms with Gasteiger partial charge in [-0.15, -0.1) is 6.58 Å². The van der Waals surface area contributed by atoms with Crippen LogP contribution in [0.5, 0.6) is 0 Å². The summed E-state index contributed by atoms with van der Waals surface area (Å²) in [5.74, 6) is 0. The van der Waals surface area contributed by atoms with E-state index in [2.05, 4.69) is 37.8 Å². The molecule has 0 bridgehead atoms. The number of hydrogen-bond donors (Lipinski definition) is 0.